The molecule has 0 bridgehead atoms. The van der Waals surface area contributed by atoms with E-state index in [1.165, 1.54) is 0 Å². The molecule has 0 spiro atoms. The molecule has 3 amide bonds. The van der Waals surface area contributed by atoms with Crippen LogP contribution >= 0.6 is 15.9 Å². The van der Waals surface area contributed by atoms with Crippen LogP contribution in [0.1, 0.15) is 32.6 Å². The minimum Gasteiger partial charge on any atom is -0.360 e. The van der Waals surface area contributed by atoms with E-state index in [9.17, 15) is 35.9 Å². The van der Waals surface area contributed by atoms with Gasteiger partial charge >= 0.3 is 18.4 Å². The second-order valence-electron chi connectivity index (χ2n) is 11.1. The van der Waals surface area contributed by atoms with E-state index in [4.69, 9.17) is 4.98 Å². The second-order valence-corrected chi connectivity index (χ2v) is 12.0. The van der Waals surface area contributed by atoms with Crippen molar-refractivity contribution >= 4 is 55.4 Å². The SMILES string of the molecule is O=C(NCc1ccc(CNC(=O)c2cc(-c3c[nH]c4ccc(Br)cc34)nc3ccccc23)cc1)Nc1cc(C(F)(F)F)cc(C(F)(F)F)c1. The topological polar surface area (TPSA) is 98.9 Å². The fourth-order valence-electron chi connectivity index (χ4n) is 5.24. The molecular weight excluding hydrogens is 716 g/mol. The highest BCUT2D eigenvalue weighted by atomic mass is 79.9. The van der Waals surface area contributed by atoms with Crippen molar-refractivity contribution in [3.05, 3.63) is 129 Å². The lowest BCUT2D eigenvalue weighted by atomic mass is 10.0. The van der Waals surface area contributed by atoms with Gasteiger partial charge in [0, 0.05) is 51.3 Å². The number of nitrogens with zero attached hydrogens (tertiary/aromatic N) is 1. The van der Waals surface area contributed by atoms with E-state index in [-0.39, 0.29) is 25.1 Å². The molecule has 0 aliphatic rings. The van der Waals surface area contributed by atoms with Crippen LogP contribution in [0, 0.1) is 0 Å². The summed E-state index contributed by atoms with van der Waals surface area (Å²) in [6, 6.07) is 21.6. The summed E-state index contributed by atoms with van der Waals surface area (Å²) in [6.45, 7) is 0.107. The van der Waals surface area contributed by atoms with Crippen molar-refractivity contribution in [1.29, 1.82) is 0 Å². The number of H-pyrrole nitrogens is 1. The Morgan fingerprint density at radius 3 is 2.02 bits per heavy atom. The Morgan fingerprint density at radius 2 is 1.37 bits per heavy atom. The number of carbonyl (C=O) groups excluding carboxylic acids is 2. The van der Waals surface area contributed by atoms with E-state index in [0.717, 1.165) is 26.5 Å². The van der Waals surface area contributed by atoms with Gasteiger partial charge in [-0.05, 0) is 59.7 Å². The van der Waals surface area contributed by atoms with Crippen LogP contribution in [0.2, 0.25) is 0 Å². The van der Waals surface area contributed by atoms with E-state index in [1.807, 2.05) is 54.0 Å². The summed E-state index contributed by atoms with van der Waals surface area (Å²) in [6.07, 6.45) is -8.23. The average Bonchev–Trinajstić information content (AvgIpc) is 3.48. The summed E-state index contributed by atoms with van der Waals surface area (Å²) in [5.74, 6) is -0.313. The summed E-state index contributed by atoms with van der Waals surface area (Å²) in [5, 5.41) is 9.00. The molecule has 14 heteroatoms. The Morgan fingerprint density at radius 1 is 0.735 bits per heavy atom. The molecule has 0 fully saturated rings. The van der Waals surface area contributed by atoms with Gasteiger partial charge in [-0.3, -0.25) is 4.79 Å². The van der Waals surface area contributed by atoms with Gasteiger partial charge < -0.3 is 20.9 Å². The lowest BCUT2D eigenvalue weighted by molar-refractivity contribution is -0.143. The van der Waals surface area contributed by atoms with E-state index >= 15 is 0 Å². The van der Waals surface area contributed by atoms with Gasteiger partial charge in [0.1, 0.15) is 0 Å². The second kappa shape index (κ2) is 13.3. The maximum atomic E-state index is 13.5. The number of urea groups is 1. The number of carbonyl (C=O) groups is 2. The molecule has 7 nitrogen and oxygen atoms in total. The zero-order valence-electron chi connectivity index (χ0n) is 25.1. The number of pyridine rings is 1. The first kappa shape index (κ1) is 33.5. The quantitative estimate of drug-likeness (QED) is 0.123. The van der Waals surface area contributed by atoms with E-state index < -0.39 is 35.2 Å². The standard InChI is InChI=1S/C35H24BrF6N5O2/c36-23-9-10-29-26(14-23)28(18-43-29)31-15-27(25-3-1-2-4-30(25)47-31)32(48)44-16-19-5-7-20(8-6-19)17-45-33(49)46-24-12-21(34(37,38)39)11-22(13-24)35(40,41)42/h1-15,18,43H,16-17H2,(H,44,48)(H2,45,46,49). The van der Waals surface area contributed by atoms with E-state index in [1.54, 1.807) is 30.3 Å². The molecule has 2 heterocycles. The highest BCUT2D eigenvalue weighted by Gasteiger charge is 2.37. The van der Waals surface area contributed by atoms with Gasteiger partial charge in [0.25, 0.3) is 5.91 Å². The Bertz CT molecular complexity index is 2160. The Balaban J connectivity index is 1.10. The van der Waals surface area contributed by atoms with Crippen molar-refractivity contribution < 1.29 is 35.9 Å². The number of rotatable bonds is 7. The van der Waals surface area contributed by atoms with Crippen LogP contribution in [0.15, 0.2) is 102 Å². The molecule has 250 valence electrons. The van der Waals surface area contributed by atoms with Gasteiger partial charge in [0.2, 0.25) is 0 Å². The molecule has 4 N–H and O–H groups in total. The number of aromatic amines is 1. The molecule has 0 saturated heterocycles. The highest BCUT2D eigenvalue weighted by Crippen LogP contribution is 2.38. The molecule has 0 radical (unpaired) electrons. The first-order valence-electron chi connectivity index (χ1n) is 14.6. The van der Waals surface area contributed by atoms with Crippen molar-refractivity contribution in [2.45, 2.75) is 25.4 Å². The average molecular weight is 741 g/mol. The van der Waals surface area contributed by atoms with Crippen molar-refractivity contribution in [2.75, 3.05) is 5.32 Å². The molecular formula is C35H24BrF6N5O2. The van der Waals surface area contributed by atoms with Gasteiger partial charge in [-0.1, -0.05) is 58.4 Å². The number of anilines is 1. The third-order valence-corrected chi connectivity index (χ3v) is 8.15. The number of alkyl halides is 6. The highest BCUT2D eigenvalue weighted by molar-refractivity contribution is 9.10. The summed E-state index contributed by atoms with van der Waals surface area (Å²) in [5.41, 5.74) is 1.09. The zero-order chi connectivity index (χ0) is 34.9. The van der Waals surface area contributed by atoms with Gasteiger partial charge in [0.15, 0.2) is 0 Å². The number of nitrogens with one attached hydrogen (secondary N) is 4. The predicted molar refractivity (Wildman–Crippen MR) is 177 cm³/mol. The third-order valence-electron chi connectivity index (χ3n) is 7.66. The summed E-state index contributed by atoms with van der Waals surface area (Å²) in [7, 11) is 0. The molecule has 0 aliphatic heterocycles. The maximum absolute atomic E-state index is 13.5. The van der Waals surface area contributed by atoms with E-state index in [2.05, 4.69) is 31.5 Å². The van der Waals surface area contributed by atoms with Gasteiger partial charge in [-0.15, -0.1) is 0 Å². The molecule has 0 unspecified atom stereocenters. The van der Waals surface area contributed by atoms with Gasteiger partial charge in [0.05, 0.1) is 27.9 Å². The molecule has 4 aromatic carbocycles. The number of fused-ring (bicyclic) bond motifs is 2. The molecule has 49 heavy (non-hydrogen) atoms. The lowest BCUT2D eigenvalue weighted by Gasteiger charge is -2.15. The normalized spacial score (nSPS) is 11.9. The van der Waals surface area contributed by atoms with Crippen LogP contribution in [-0.2, 0) is 25.4 Å². The van der Waals surface area contributed by atoms with Crippen LogP contribution < -0.4 is 16.0 Å². The lowest BCUT2D eigenvalue weighted by Crippen LogP contribution is -2.28. The summed E-state index contributed by atoms with van der Waals surface area (Å²) < 4.78 is 79.7. The van der Waals surface area contributed by atoms with Crippen LogP contribution in [0.3, 0.4) is 0 Å². The Hall–Kier alpha value is -5.37. The maximum Gasteiger partial charge on any atom is 0.416 e. The number of aromatic nitrogens is 2. The first-order chi connectivity index (χ1) is 23.2. The fourth-order valence-corrected chi connectivity index (χ4v) is 5.60. The molecule has 6 rings (SSSR count). The van der Waals surface area contributed by atoms with Crippen molar-refractivity contribution in [1.82, 2.24) is 20.6 Å². The zero-order valence-corrected chi connectivity index (χ0v) is 26.6. The molecule has 0 aliphatic carbocycles. The number of hydrogen-bond acceptors (Lipinski definition) is 3. The predicted octanol–water partition coefficient (Wildman–Crippen LogP) is 9.43. The Labute approximate surface area is 282 Å². The van der Waals surface area contributed by atoms with Crippen molar-refractivity contribution in [3.63, 3.8) is 0 Å². The Kier molecular flexibility index (Phi) is 9.08. The molecule has 0 atom stereocenters. The largest absolute Gasteiger partial charge is 0.416 e. The molecule has 2 aromatic heterocycles. The molecule has 0 saturated carbocycles. The number of hydrogen-bond donors (Lipinski definition) is 4. The number of para-hydroxylation sites is 1. The van der Waals surface area contributed by atoms with Crippen LogP contribution in [-0.4, -0.2) is 21.9 Å². The summed E-state index contributed by atoms with van der Waals surface area (Å²) >= 11 is 3.51. The van der Waals surface area contributed by atoms with E-state index in [0.29, 0.717) is 39.9 Å². The molecule has 6 aromatic rings. The minimum absolute atomic E-state index is 0.0198. The third kappa shape index (κ3) is 7.70. The number of amides is 3. The number of benzene rings is 4. The minimum atomic E-state index is -5.04. The number of halogens is 7. The van der Waals surface area contributed by atoms with Crippen LogP contribution in [0.5, 0.6) is 0 Å². The van der Waals surface area contributed by atoms with Crippen molar-refractivity contribution in [2.24, 2.45) is 0 Å². The van der Waals surface area contributed by atoms with Gasteiger partial charge in [-0.2, -0.15) is 26.3 Å². The van der Waals surface area contributed by atoms with Gasteiger partial charge in [-0.25, -0.2) is 9.78 Å². The van der Waals surface area contributed by atoms with Crippen molar-refractivity contribution in [3.8, 4) is 11.3 Å². The monoisotopic (exact) mass is 739 g/mol. The summed E-state index contributed by atoms with van der Waals surface area (Å²) in [4.78, 5) is 33.8. The fraction of sp³-hybridized carbons (Fsp3) is 0.114. The smallest absolute Gasteiger partial charge is 0.360 e. The van der Waals surface area contributed by atoms with Crippen LogP contribution in [0.4, 0.5) is 36.8 Å². The van der Waals surface area contributed by atoms with Crippen LogP contribution in [0.25, 0.3) is 33.1 Å². The first-order valence-corrected chi connectivity index (χ1v) is 15.4.